The Morgan fingerprint density at radius 1 is 1.27 bits per heavy atom. The molecule has 136 valence electrons. The summed E-state index contributed by atoms with van der Waals surface area (Å²) in [6.45, 7) is 0.198. The molecule has 1 amide bonds. The Morgan fingerprint density at radius 2 is 2.04 bits per heavy atom. The highest BCUT2D eigenvalue weighted by Gasteiger charge is 2.16. The van der Waals surface area contributed by atoms with Crippen LogP contribution in [0.25, 0.3) is 11.0 Å². The zero-order valence-electron chi connectivity index (χ0n) is 13.7. The molecule has 26 heavy (non-hydrogen) atoms. The van der Waals surface area contributed by atoms with E-state index in [1.807, 2.05) is 24.3 Å². The number of benzene rings is 2. The van der Waals surface area contributed by atoms with E-state index in [1.165, 1.54) is 0 Å². The van der Waals surface area contributed by atoms with Gasteiger partial charge in [-0.1, -0.05) is 35.3 Å². The first-order valence-corrected chi connectivity index (χ1v) is 8.68. The Balaban J connectivity index is 1.77. The second-order valence-electron chi connectivity index (χ2n) is 5.81. The van der Waals surface area contributed by atoms with Gasteiger partial charge in [0, 0.05) is 11.1 Å². The molecule has 1 unspecified atom stereocenters. The van der Waals surface area contributed by atoms with Crippen molar-refractivity contribution in [2.24, 2.45) is 5.73 Å². The number of imidazole rings is 1. The van der Waals surface area contributed by atoms with Crippen molar-refractivity contribution in [3.8, 4) is 5.75 Å². The lowest BCUT2D eigenvalue weighted by molar-refractivity contribution is -0.117. The van der Waals surface area contributed by atoms with E-state index in [2.05, 4.69) is 4.98 Å². The maximum absolute atomic E-state index is 11.3. The van der Waals surface area contributed by atoms with E-state index in [-0.39, 0.29) is 19.6 Å². The van der Waals surface area contributed by atoms with Crippen LogP contribution in [0.2, 0.25) is 10.0 Å². The van der Waals surface area contributed by atoms with Crippen LogP contribution in [0.3, 0.4) is 0 Å². The van der Waals surface area contributed by atoms with E-state index in [9.17, 15) is 9.90 Å². The predicted molar refractivity (Wildman–Crippen MR) is 101 cm³/mol. The van der Waals surface area contributed by atoms with Gasteiger partial charge in [-0.2, -0.15) is 0 Å². The highest BCUT2D eigenvalue weighted by Crippen LogP contribution is 2.28. The van der Waals surface area contributed by atoms with Gasteiger partial charge in [-0.3, -0.25) is 4.79 Å². The first-order chi connectivity index (χ1) is 12.4. The highest BCUT2D eigenvalue weighted by atomic mass is 35.5. The summed E-state index contributed by atoms with van der Waals surface area (Å²) in [5, 5.41) is 11.3. The Labute approximate surface area is 160 Å². The fourth-order valence-corrected chi connectivity index (χ4v) is 2.99. The number of ether oxygens (including phenoxy) is 1. The summed E-state index contributed by atoms with van der Waals surface area (Å²) in [5.41, 5.74) is 6.85. The molecule has 6 nitrogen and oxygen atoms in total. The molecule has 0 radical (unpaired) electrons. The van der Waals surface area contributed by atoms with Crippen LogP contribution in [0, 0.1) is 0 Å². The fraction of sp³-hybridized carbons (Fsp3) is 0.222. The van der Waals surface area contributed by atoms with Gasteiger partial charge < -0.3 is 20.1 Å². The number of nitrogens with two attached hydrogens (primary N) is 1. The molecular weight excluding hydrogens is 377 g/mol. The Morgan fingerprint density at radius 3 is 2.81 bits per heavy atom. The average Bonchev–Trinajstić information content (AvgIpc) is 2.92. The summed E-state index contributed by atoms with van der Waals surface area (Å²) in [4.78, 5) is 15.7. The van der Waals surface area contributed by atoms with Crippen LogP contribution in [0.15, 0.2) is 42.5 Å². The number of fused-ring (bicyclic) bond motifs is 1. The number of aliphatic hydroxyl groups excluding tert-OH is 1. The third-order valence-electron chi connectivity index (χ3n) is 3.78. The van der Waals surface area contributed by atoms with E-state index in [4.69, 9.17) is 33.7 Å². The SMILES string of the molecule is NC(=O)Cc1nc2ccccc2n1CC(O)COc1cc(Cl)ccc1Cl. The largest absolute Gasteiger partial charge is 0.489 e. The van der Waals surface area contributed by atoms with Crippen molar-refractivity contribution < 1.29 is 14.6 Å². The number of aromatic nitrogens is 2. The first kappa shape index (κ1) is 18.5. The third-order valence-corrected chi connectivity index (χ3v) is 4.33. The number of para-hydroxylation sites is 2. The molecule has 0 bridgehead atoms. The maximum atomic E-state index is 11.3. The van der Waals surface area contributed by atoms with Gasteiger partial charge in [-0.15, -0.1) is 0 Å². The molecule has 0 aliphatic heterocycles. The first-order valence-electron chi connectivity index (χ1n) is 7.92. The Bertz CT molecular complexity index is 943. The van der Waals surface area contributed by atoms with Gasteiger partial charge >= 0.3 is 0 Å². The van der Waals surface area contributed by atoms with Crippen LogP contribution in [0.4, 0.5) is 0 Å². The molecule has 3 N–H and O–H groups in total. The van der Waals surface area contributed by atoms with Crippen LogP contribution in [-0.2, 0) is 17.8 Å². The van der Waals surface area contributed by atoms with Crippen molar-refractivity contribution in [2.45, 2.75) is 19.1 Å². The second-order valence-corrected chi connectivity index (χ2v) is 6.65. The van der Waals surface area contributed by atoms with Gasteiger partial charge in [0.1, 0.15) is 24.3 Å². The molecule has 1 heterocycles. The number of hydrogen-bond donors (Lipinski definition) is 2. The smallest absolute Gasteiger partial charge is 0.225 e. The predicted octanol–water partition coefficient (Wildman–Crippen LogP) is 2.81. The van der Waals surface area contributed by atoms with Crippen LogP contribution in [-0.4, -0.2) is 33.3 Å². The lowest BCUT2D eigenvalue weighted by Gasteiger charge is -2.16. The molecular formula is C18H17Cl2N3O3. The van der Waals surface area contributed by atoms with Crippen molar-refractivity contribution in [2.75, 3.05) is 6.61 Å². The molecule has 0 saturated heterocycles. The fourth-order valence-electron chi connectivity index (χ4n) is 2.66. The zero-order chi connectivity index (χ0) is 18.7. The number of nitrogens with zero attached hydrogens (tertiary/aromatic N) is 2. The molecule has 1 aromatic heterocycles. The lowest BCUT2D eigenvalue weighted by atomic mass is 10.3. The van der Waals surface area contributed by atoms with Crippen LogP contribution in [0.5, 0.6) is 5.75 Å². The molecule has 8 heteroatoms. The van der Waals surface area contributed by atoms with Crippen molar-refractivity contribution in [3.63, 3.8) is 0 Å². The summed E-state index contributed by atoms with van der Waals surface area (Å²) in [6.07, 6.45) is -0.864. The minimum atomic E-state index is -0.853. The number of halogens is 2. The van der Waals surface area contributed by atoms with Gasteiger partial charge in [0.15, 0.2) is 0 Å². The summed E-state index contributed by atoms with van der Waals surface area (Å²) in [7, 11) is 0. The molecule has 0 spiro atoms. The number of hydrogen-bond acceptors (Lipinski definition) is 4. The zero-order valence-corrected chi connectivity index (χ0v) is 15.2. The molecule has 0 aliphatic rings. The highest BCUT2D eigenvalue weighted by molar-refractivity contribution is 6.34. The number of carbonyl (C=O) groups excluding carboxylic acids is 1. The molecule has 2 aromatic carbocycles. The molecule has 3 aromatic rings. The number of primary amides is 1. The number of aliphatic hydroxyl groups is 1. The third kappa shape index (κ3) is 4.27. The Hall–Kier alpha value is -2.28. The van der Waals surface area contributed by atoms with Crippen molar-refractivity contribution >= 4 is 40.1 Å². The summed E-state index contributed by atoms with van der Waals surface area (Å²) < 4.78 is 7.34. The minimum absolute atomic E-state index is 0.00256. The number of carbonyl (C=O) groups is 1. The van der Waals surface area contributed by atoms with Gasteiger partial charge in [0.05, 0.1) is 29.0 Å². The molecule has 0 aliphatic carbocycles. The van der Waals surface area contributed by atoms with E-state index in [0.717, 1.165) is 11.0 Å². The maximum Gasteiger partial charge on any atom is 0.225 e. The van der Waals surface area contributed by atoms with E-state index in [1.54, 1.807) is 22.8 Å². The van der Waals surface area contributed by atoms with E-state index >= 15 is 0 Å². The molecule has 0 fully saturated rings. The van der Waals surface area contributed by atoms with Crippen molar-refractivity contribution in [3.05, 3.63) is 58.3 Å². The normalized spacial score (nSPS) is 12.3. The average molecular weight is 394 g/mol. The van der Waals surface area contributed by atoms with Crippen molar-refractivity contribution in [1.82, 2.24) is 9.55 Å². The Kier molecular flexibility index (Phi) is 5.66. The van der Waals surface area contributed by atoms with Gasteiger partial charge in [0.25, 0.3) is 0 Å². The van der Waals surface area contributed by atoms with Gasteiger partial charge in [-0.25, -0.2) is 4.98 Å². The minimum Gasteiger partial charge on any atom is -0.489 e. The summed E-state index contributed by atoms with van der Waals surface area (Å²) >= 11 is 12.0. The van der Waals surface area contributed by atoms with Crippen LogP contribution in [0.1, 0.15) is 5.82 Å². The van der Waals surface area contributed by atoms with Gasteiger partial charge in [0.2, 0.25) is 5.91 Å². The second kappa shape index (κ2) is 7.95. The summed E-state index contributed by atoms with van der Waals surface area (Å²) in [5.74, 6) is 0.405. The van der Waals surface area contributed by atoms with Crippen LogP contribution >= 0.6 is 23.2 Å². The van der Waals surface area contributed by atoms with E-state index < -0.39 is 12.0 Å². The van der Waals surface area contributed by atoms with Gasteiger partial charge in [-0.05, 0) is 24.3 Å². The monoisotopic (exact) mass is 393 g/mol. The summed E-state index contributed by atoms with van der Waals surface area (Å²) in [6, 6.07) is 12.3. The quantitative estimate of drug-likeness (QED) is 0.645. The van der Waals surface area contributed by atoms with Crippen LogP contribution < -0.4 is 10.5 Å². The molecule has 0 saturated carbocycles. The number of amides is 1. The molecule has 1 atom stereocenters. The molecule has 3 rings (SSSR count). The topological polar surface area (TPSA) is 90.4 Å². The standard InChI is InChI=1S/C18H17Cl2N3O3/c19-11-5-6-13(20)16(7-11)26-10-12(24)9-23-15-4-2-1-3-14(15)22-18(23)8-17(21)25/h1-7,12,24H,8-10H2,(H2,21,25). The lowest BCUT2D eigenvalue weighted by Crippen LogP contribution is -2.26. The van der Waals surface area contributed by atoms with Crippen molar-refractivity contribution in [1.29, 1.82) is 0 Å². The van der Waals surface area contributed by atoms with E-state index in [0.29, 0.717) is 21.6 Å². The number of rotatable bonds is 7.